The molecule has 0 aliphatic carbocycles. The molecule has 8 heteroatoms. The van der Waals surface area contributed by atoms with Crippen molar-refractivity contribution in [1.82, 2.24) is 14.5 Å². The van der Waals surface area contributed by atoms with Crippen LogP contribution in [0.15, 0.2) is 29.2 Å². The van der Waals surface area contributed by atoms with Crippen LogP contribution in [0, 0.1) is 0 Å². The van der Waals surface area contributed by atoms with E-state index in [1.54, 1.807) is 13.1 Å². The Bertz CT molecular complexity index is 896. The smallest absolute Gasteiger partial charge is 0.336 e. The van der Waals surface area contributed by atoms with Gasteiger partial charge in [-0.25, -0.2) is 14.8 Å². The van der Waals surface area contributed by atoms with Crippen molar-refractivity contribution in [3.05, 3.63) is 29.9 Å². The van der Waals surface area contributed by atoms with Gasteiger partial charge in [-0.1, -0.05) is 19.6 Å². The molecule has 2 aromatic rings. The second kappa shape index (κ2) is 8.14. The van der Waals surface area contributed by atoms with Gasteiger partial charge in [-0.2, -0.15) is 0 Å². The fourth-order valence-electron chi connectivity index (χ4n) is 2.85. The van der Waals surface area contributed by atoms with Crippen molar-refractivity contribution >= 4 is 36.9 Å². The molecule has 0 atom stereocenters. The number of aliphatic imine (C=N–C) groups is 1. The molecular weight excluding hydrogens is 360 g/mol. The van der Waals surface area contributed by atoms with Gasteiger partial charge in [0.2, 0.25) is 0 Å². The summed E-state index contributed by atoms with van der Waals surface area (Å²) in [4.78, 5) is 25.2. The summed E-state index contributed by atoms with van der Waals surface area (Å²) in [7, 11) is -1.11. The molecule has 7 nitrogen and oxygen atoms in total. The largest absolute Gasteiger partial charge is 0.463 e. The molecule has 0 radical (unpaired) electrons. The molecule has 0 saturated heterocycles. The Labute approximate surface area is 160 Å². The molecule has 27 heavy (non-hydrogen) atoms. The number of ether oxygens (including phenoxy) is 2. The minimum atomic E-state index is -1.11. The Balaban J connectivity index is 1.84. The Morgan fingerprint density at radius 1 is 1.30 bits per heavy atom. The van der Waals surface area contributed by atoms with Crippen LogP contribution in [0.4, 0.5) is 0 Å². The molecule has 144 valence electrons. The quantitative estimate of drug-likeness (QED) is 0.396. The van der Waals surface area contributed by atoms with E-state index in [1.165, 1.54) is 6.33 Å². The van der Waals surface area contributed by atoms with Crippen molar-refractivity contribution in [2.75, 3.05) is 19.8 Å². The second-order valence-electron chi connectivity index (χ2n) is 7.68. The first kappa shape index (κ1) is 19.4. The summed E-state index contributed by atoms with van der Waals surface area (Å²) in [5.74, 6) is -0.342. The van der Waals surface area contributed by atoms with Crippen LogP contribution in [0.2, 0.25) is 25.7 Å². The van der Waals surface area contributed by atoms with Crippen LogP contribution in [-0.4, -0.2) is 54.6 Å². The van der Waals surface area contributed by atoms with Crippen molar-refractivity contribution < 1.29 is 14.3 Å². The monoisotopic (exact) mass is 386 g/mol. The molecule has 0 N–H and O–H groups in total. The van der Waals surface area contributed by atoms with E-state index in [9.17, 15) is 4.79 Å². The highest BCUT2D eigenvalue weighted by Crippen LogP contribution is 2.27. The third kappa shape index (κ3) is 4.51. The number of carbonyl (C=O) groups excluding carboxylic acids is 1. The summed E-state index contributed by atoms with van der Waals surface area (Å²) in [5.41, 5.74) is 2.73. The maximum Gasteiger partial charge on any atom is 0.336 e. The highest BCUT2D eigenvalue weighted by atomic mass is 28.3. The zero-order valence-corrected chi connectivity index (χ0v) is 17.4. The van der Waals surface area contributed by atoms with E-state index in [0.29, 0.717) is 36.7 Å². The number of esters is 1. The van der Waals surface area contributed by atoms with E-state index in [4.69, 9.17) is 9.47 Å². The van der Waals surface area contributed by atoms with E-state index in [2.05, 4.69) is 34.6 Å². The van der Waals surface area contributed by atoms with Gasteiger partial charge < -0.3 is 14.0 Å². The van der Waals surface area contributed by atoms with Crippen LogP contribution >= 0.6 is 0 Å². The highest BCUT2D eigenvalue weighted by Gasteiger charge is 2.23. The van der Waals surface area contributed by atoms with Crippen LogP contribution in [-0.2, 0) is 21.0 Å². The third-order valence-electron chi connectivity index (χ3n) is 4.35. The SMILES string of the molecule is CCOC(=O)C1=C(c2ncnc3c2ccn3COCC[Si](C)(C)C)C=NC1. The first-order valence-corrected chi connectivity index (χ1v) is 12.9. The van der Waals surface area contributed by atoms with Crippen molar-refractivity contribution in [2.24, 2.45) is 4.99 Å². The van der Waals surface area contributed by atoms with Gasteiger partial charge in [0.25, 0.3) is 0 Å². The number of aromatic nitrogens is 3. The van der Waals surface area contributed by atoms with Crippen LogP contribution in [0.1, 0.15) is 12.6 Å². The van der Waals surface area contributed by atoms with E-state index >= 15 is 0 Å². The van der Waals surface area contributed by atoms with E-state index < -0.39 is 8.07 Å². The number of hydrogen-bond donors (Lipinski definition) is 0. The van der Waals surface area contributed by atoms with Gasteiger partial charge in [-0.15, -0.1) is 0 Å². The van der Waals surface area contributed by atoms with Crippen molar-refractivity contribution in [1.29, 1.82) is 0 Å². The molecule has 0 bridgehead atoms. The predicted octanol–water partition coefficient (Wildman–Crippen LogP) is 3.14. The summed E-state index contributed by atoms with van der Waals surface area (Å²) in [5, 5.41) is 0.872. The number of rotatable bonds is 8. The first-order valence-electron chi connectivity index (χ1n) is 9.19. The molecule has 1 aliphatic heterocycles. The van der Waals surface area contributed by atoms with E-state index in [-0.39, 0.29) is 5.97 Å². The van der Waals surface area contributed by atoms with Gasteiger partial charge in [-0.05, 0) is 19.0 Å². The zero-order chi connectivity index (χ0) is 19.4. The molecule has 0 fully saturated rings. The number of nitrogens with zero attached hydrogens (tertiary/aromatic N) is 4. The summed E-state index contributed by atoms with van der Waals surface area (Å²) < 4.78 is 12.9. The van der Waals surface area contributed by atoms with E-state index in [0.717, 1.165) is 23.7 Å². The Hall–Kier alpha value is -2.32. The Morgan fingerprint density at radius 3 is 2.85 bits per heavy atom. The Kier molecular flexibility index (Phi) is 5.86. The average molecular weight is 387 g/mol. The lowest BCUT2D eigenvalue weighted by Gasteiger charge is -2.15. The summed E-state index contributed by atoms with van der Waals surface area (Å²) in [6.07, 6.45) is 5.14. The van der Waals surface area contributed by atoms with Crippen molar-refractivity contribution in [3.63, 3.8) is 0 Å². The average Bonchev–Trinajstić information content (AvgIpc) is 3.25. The highest BCUT2D eigenvalue weighted by molar-refractivity contribution is 6.76. The number of allylic oxidation sites excluding steroid dienone is 1. The maximum atomic E-state index is 12.2. The van der Waals surface area contributed by atoms with Crippen molar-refractivity contribution in [3.8, 4) is 0 Å². The van der Waals surface area contributed by atoms with Gasteiger partial charge in [-0.3, -0.25) is 4.99 Å². The molecule has 0 amide bonds. The fraction of sp³-hybridized carbons (Fsp3) is 0.474. The minimum absolute atomic E-state index is 0.320. The lowest BCUT2D eigenvalue weighted by atomic mass is 10.1. The minimum Gasteiger partial charge on any atom is -0.463 e. The summed E-state index contributed by atoms with van der Waals surface area (Å²) in [6, 6.07) is 3.08. The van der Waals surface area contributed by atoms with Crippen LogP contribution in [0.25, 0.3) is 16.6 Å². The fourth-order valence-corrected chi connectivity index (χ4v) is 3.61. The molecular formula is C19H26N4O3Si. The topological polar surface area (TPSA) is 78.6 Å². The van der Waals surface area contributed by atoms with Gasteiger partial charge in [0.15, 0.2) is 0 Å². The standard InChI is InChI=1S/C19H26N4O3Si/c1-5-26-19(24)16-11-20-10-15(16)17-14-6-7-23(18(14)22-12-21-17)13-25-8-9-27(2,3)4/h6-7,10,12H,5,8-9,11,13H2,1-4H3. The normalized spacial score (nSPS) is 14.4. The summed E-state index contributed by atoms with van der Waals surface area (Å²) in [6.45, 7) is 10.6. The first-order chi connectivity index (χ1) is 12.9. The van der Waals surface area contributed by atoms with Crippen LogP contribution < -0.4 is 0 Å². The van der Waals surface area contributed by atoms with Gasteiger partial charge in [0, 0.05) is 38.1 Å². The zero-order valence-electron chi connectivity index (χ0n) is 16.4. The third-order valence-corrected chi connectivity index (χ3v) is 6.06. The molecule has 3 rings (SSSR count). The Morgan fingerprint density at radius 2 is 2.11 bits per heavy atom. The van der Waals surface area contributed by atoms with Gasteiger partial charge in [0.05, 0.1) is 24.4 Å². The number of fused-ring (bicyclic) bond motifs is 1. The molecule has 0 saturated carbocycles. The summed E-state index contributed by atoms with van der Waals surface area (Å²) >= 11 is 0. The molecule has 0 unspecified atom stereocenters. The van der Waals surface area contributed by atoms with E-state index in [1.807, 2.05) is 16.8 Å². The molecule has 0 spiro atoms. The van der Waals surface area contributed by atoms with Gasteiger partial charge in [0.1, 0.15) is 18.7 Å². The van der Waals surface area contributed by atoms with Gasteiger partial charge >= 0.3 is 5.97 Å². The van der Waals surface area contributed by atoms with Crippen LogP contribution in [0.5, 0.6) is 0 Å². The van der Waals surface area contributed by atoms with Crippen molar-refractivity contribution in [2.45, 2.75) is 39.3 Å². The molecule has 1 aliphatic rings. The maximum absolute atomic E-state index is 12.2. The van der Waals surface area contributed by atoms with Crippen LogP contribution in [0.3, 0.4) is 0 Å². The molecule has 0 aromatic carbocycles. The number of hydrogen-bond acceptors (Lipinski definition) is 6. The lowest BCUT2D eigenvalue weighted by molar-refractivity contribution is -0.138. The molecule has 2 aromatic heterocycles. The second-order valence-corrected chi connectivity index (χ2v) is 13.3. The predicted molar refractivity (Wildman–Crippen MR) is 109 cm³/mol. The number of carbonyl (C=O) groups is 1. The lowest BCUT2D eigenvalue weighted by Crippen LogP contribution is -2.22. The molecule has 3 heterocycles.